The molecule has 1 heterocycles. The van der Waals surface area contributed by atoms with Gasteiger partial charge in [-0.3, -0.25) is 0 Å². The molecule has 1 aliphatic carbocycles. The number of likely N-dealkylation sites (tertiary alicyclic amines) is 1. The zero-order valence-corrected chi connectivity index (χ0v) is 13.3. The van der Waals surface area contributed by atoms with Crippen molar-refractivity contribution in [3.05, 3.63) is 0 Å². The molecule has 0 bridgehead atoms. The molecule has 21 heavy (non-hydrogen) atoms. The number of hydrogen-bond acceptors (Lipinski definition) is 3. The molecule has 1 saturated carbocycles. The lowest BCUT2D eigenvalue weighted by molar-refractivity contribution is 0.117. The van der Waals surface area contributed by atoms with Gasteiger partial charge in [-0.1, -0.05) is 19.3 Å². The van der Waals surface area contributed by atoms with E-state index in [2.05, 4.69) is 15.5 Å². The third-order valence-corrected chi connectivity index (χ3v) is 4.90. The van der Waals surface area contributed by atoms with Crippen LogP contribution in [0.4, 0.5) is 4.79 Å². The zero-order valence-electron chi connectivity index (χ0n) is 13.3. The number of aliphatic hydroxyl groups excluding tert-OH is 1. The van der Waals surface area contributed by atoms with E-state index >= 15 is 0 Å². The van der Waals surface area contributed by atoms with Crippen LogP contribution in [0.25, 0.3) is 0 Å². The van der Waals surface area contributed by atoms with Crippen molar-refractivity contribution in [2.24, 2.45) is 0 Å². The van der Waals surface area contributed by atoms with Gasteiger partial charge in [0.25, 0.3) is 0 Å². The second-order valence-electron chi connectivity index (χ2n) is 6.63. The lowest BCUT2D eigenvalue weighted by Crippen LogP contribution is -2.51. The van der Waals surface area contributed by atoms with Crippen LogP contribution in [0.2, 0.25) is 0 Å². The Morgan fingerprint density at radius 3 is 2.48 bits per heavy atom. The molecule has 2 aliphatic rings. The van der Waals surface area contributed by atoms with Gasteiger partial charge in [0.05, 0.1) is 0 Å². The molecule has 2 amide bonds. The van der Waals surface area contributed by atoms with E-state index < -0.39 is 0 Å². The van der Waals surface area contributed by atoms with Gasteiger partial charge in [0.1, 0.15) is 0 Å². The molecule has 122 valence electrons. The quantitative estimate of drug-likeness (QED) is 0.725. The number of rotatable bonds is 5. The van der Waals surface area contributed by atoms with Gasteiger partial charge in [-0.2, -0.15) is 0 Å². The van der Waals surface area contributed by atoms with E-state index in [9.17, 15) is 4.79 Å². The monoisotopic (exact) mass is 297 g/mol. The third kappa shape index (κ3) is 5.47. The summed E-state index contributed by atoms with van der Waals surface area (Å²) in [7, 11) is 0. The van der Waals surface area contributed by atoms with Gasteiger partial charge in [-0.15, -0.1) is 0 Å². The van der Waals surface area contributed by atoms with E-state index in [0.29, 0.717) is 12.5 Å². The smallest absolute Gasteiger partial charge is 0.315 e. The number of carbonyl (C=O) groups excluding carboxylic acids is 1. The van der Waals surface area contributed by atoms with Gasteiger partial charge in [0.2, 0.25) is 0 Å². The predicted molar refractivity (Wildman–Crippen MR) is 84.3 cm³/mol. The molecule has 2 fully saturated rings. The van der Waals surface area contributed by atoms with Crippen LogP contribution in [0.3, 0.4) is 0 Å². The summed E-state index contributed by atoms with van der Waals surface area (Å²) in [5, 5.41) is 14.8. The Hall–Kier alpha value is -0.810. The molecule has 0 aromatic heterocycles. The van der Waals surface area contributed by atoms with Crippen LogP contribution in [-0.4, -0.2) is 53.9 Å². The van der Waals surface area contributed by atoms with E-state index in [0.717, 1.165) is 32.0 Å². The molecule has 0 spiro atoms. The Kier molecular flexibility index (Phi) is 6.77. The van der Waals surface area contributed by atoms with Gasteiger partial charge < -0.3 is 20.6 Å². The molecule has 1 saturated heterocycles. The fraction of sp³-hybridized carbons (Fsp3) is 0.938. The Balaban J connectivity index is 1.65. The number of nitrogens with one attached hydrogen (secondary N) is 2. The van der Waals surface area contributed by atoms with E-state index in [1.54, 1.807) is 0 Å². The fourth-order valence-corrected chi connectivity index (χ4v) is 3.57. The summed E-state index contributed by atoms with van der Waals surface area (Å²) in [5.74, 6) is 0. The Labute approximate surface area is 128 Å². The van der Waals surface area contributed by atoms with Crippen LogP contribution in [-0.2, 0) is 0 Å². The van der Waals surface area contributed by atoms with Gasteiger partial charge in [-0.05, 0) is 39.0 Å². The van der Waals surface area contributed by atoms with Crippen molar-refractivity contribution < 1.29 is 9.90 Å². The average Bonchev–Trinajstić information content (AvgIpc) is 2.49. The van der Waals surface area contributed by atoms with Crippen LogP contribution in [0.1, 0.15) is 58.3 Å². The van der Waals surface area contributed by atoms with Crippen molar-refractivity contribution in [1.29, 1.82) is 0 Å². The lowest BCUT2D eigenvalue weighted by Gasteiger charge is -2.39. The minimum absolute atomic E-state index is 0.0253. The van der Waals surface area contributed by atoms with Gasteiger partial charge in [0, 0.05) is 37.8 Å². The molecule has 2 rings (SSSR count). The summed E-state index contributed by atoms with van der Waals surface area (Å²) in [6.45, 7) is 4.26. The van der Waals surface area contributed by atoms with Crippen LogP contribution in [0.5, 0.6) is 0 Å². The normalized spacial score (nSPS) is 23.7. The van der Waals surface area contributed by atoms with Crippen molar-refractivity contribution >= 4 is 6.03 Å². The van der Waals surface area contributed by atoms with E-state index in [4.69, 9.17) is 5.11 Å². The maximum absolute atomic E-state index is 11.9. The number of piperidine rings is 1. The third-order valence-electron chi connectivity index (χ3n) is 4.90. The maximum atomic E-state index is 11.9. The number of hydrogen-bond donors (Lipinski definition) is 3. The average molecular weight is 297 g/mol. The standard InChI is InChI=1S/C16H31N3O2/c1-13(9-12-20)17-16(21)18-14-7-10-19(11-8-14)15-5-3-2-4-6-15/h13-15,20H,2-12H2,1H3,(H2,17,18,21)/t13-/m1/s1. The summed E-state index contributed by atoms with van der Waals surface area (Å²) in [6.07, 6.45) is 9.60. The molecule has 1 aliphatic heterocycles. The zero-order chi connectivity index (χ0) is 15.1. The summed E-state index contributed by atoms with van der Waals surface area (Å²) in [4.78, 5) is 14.5. The molecule has 0 unspecified atom stereocenters. The predicted octanol–water partition coefficient (Wildman–Crippen LogP) is 1.85. The first kappa shape index (κ1) is 16.6. The van der Waals surface area contributed by atoms with Crippen LogP contribution < -0.4 is 10.6 Å². The number of urea groups is 1. The molecule has 0 radical (unpaired) electrons. The van der Waals surface area contributed by atoms with Crippen LogP contribution in [0, 0.1) is 0 Å². The minimum Gasteiger partial charge on any atom is -0.396 e. The lowest BCUT2D eigenvalue weighted by atomic mass is 9.92. The maximum Gasteiger partial charge on any atom is 0.315 e. The Bertz CT molecular complexity index is 311. The first-order valence-electron chi connectivity index (χ1n) is 8.61. The highest BCUT2D eigenvalue weighted by Gasteiger charge is 2.26. The first-order valence-corrected chi connectivity index (χ1v) is 8.61. The highest BCUT2D eigenvalue weighted by Crippen LogP contribution is 2.25. The highest BCUT2D eigenvalue weighted by molar-refractivity contribution is 5.74. The van der Waals surface area contributed by atoms with Gasteiger partial charge in [0.15, 0.2) is 0 Å². The highest BCUT2D eigenvalue weighted by atomic mass is 16.3. The molecule has 1 atom stereocenters. The number of nitrogens with zero attached hydrogens (tertiary/aromatic N) is 1. The summed E-state index contributed by atoms with van der Waals surface area (Å²) >= 11 is 0. The van der Waals surface area contributed by atoms with E-state index in [1.807, 2.05) is 6.92 Å². The summed E-state index contributed by atoms with van der Waals surface area (Å²) in [6, 6.07) is 1.02. The molecule has 0 aromatic carbocycles. The van der Waals surface area contributed by atoms with Crippen molar-refractivity contribution in [3.8, 4) is 0 Å². The number of amides is 2. The van der Waals surface area contributed by atoms with Crippen molar-refractivity contribution in [2.45, 2.75) is 76.4 Å². The van der Waals surface area contributed by atoms with Crippen molar-refractivity contribution in [1.82, 2.24) is 15.5 Å². The second-order valence-corrected chi connectivity index (χ2v) is 6.63. The summed E-state index contributed by atoms with van der Waals surface area (Å²) < 4.78 is 0. The fourth-order valence-electron chi connectivity index (χ4n) is 3.57. The van der Waals surface area contributed by atoms with Crippen molar-refractivity contribution in [2.75, 3.05) is 19.7 Å². The molecule has 5 nitrogen and oxygen atoms in total. The van der Waals surface area contributed by atoms with Gasteiger partial charge >= 0.3 is 6.03 Å². The Morgan fingerprint density at radius 1 is 1.19 bits per heavy atom. The number of carbonyl (C=O) groups is 1. The molecule has 0 aromatic rings. The molecular weight excluding hydrogens is 266 g/mol. The van der Waals surface area contributed by atoms with E-state index in [1.165, 1.54) is 32.1 Å². The molecule has 3 N–H and O–H groups in total. The first-order chi connectivity index (χ1) is 10.2. The van der Waals surface area contributed by atoms with Crippen LogP contribution in [0.15, 0.2) is 0 Å². The molecule has 5 heteroatoms. The minimum atomic E-state index is -0.0907. The summed E-state index contributed by atoms with van der Waals surface area (Å²) in [5.41, 5.74) is 0. The van der Waals surface area contributed by atoms with Gasteiger partial charge in [-0.25, -0.2) is 4.79 Å². The second kappa shape index (κ2) is 8.59. The number of aliphatic hydroxyl groups is 1. The largest absolute Gasteiger partial charge is 0.396 e. The topological polar surface area (TPSA) is 64.6 Å². The Morgan fingerprint density at radius 2 is 1.86 bits per heavy atom. The van der Waals surface area contributed by atoms with Crippen LogP contribution >= 0.6 is 0 Å². The SMILES string of the molecule is C[C@H](CCO)NC(=O)NC1CCN(C2CCCCC2)CC1. The molecular formula is C16H31N3O2. The van der Waals surface area contributed by atoms with E-state index in [-0.39, 0.29) is 18.7 Å². The van der Waals surface area contributed by atoms with Crippen molar-refractivity contribution in [3.63, 3.8) is 0 Å².